The number of hydrogen-bond acceptors (Lipinski definition) is 3. The average Bonchev–Trinajstić information content (AvgIpc) is 2.84. The van der Waals surface area contributed by atoms with E-state index in [0.717, 1.165) is 18.9 Å². The van der Waals surface area contributed by atoms with E-state index in [0.29, 0.717) is 12.0 Å². The van der Waals surface area contributed by atoms with Crippen LogP contribution >= 0.6 is 0 Å². The molecule has 1 aliphatic heterocycles. The summed E-state index contributed by atoms with van der Waals surface area (Å²) >= 11 is 0. The number of rotatable bonds is 7. The molecule has 2 fully saturated rings. The topological polar surface area (TPSA) is 38.3 Å². The quantitative estimate of drug-likeness (QED) is 0.506. The number of allylic oxidation sites excluding steroid dienone is 1. The molecule has 0 amide bonds. The Morgan fingerprint density at radius 2 is 2.08 bits per heavy atom. The fourth-order valence-electron chi connectivity index (χ4n) is 5.54. The van der Waals surface area contributed by atoms with Crippen LogP contribution in [0.1, 0.15) is 79.6 Å². The number of carbonyl (C=O) groups excluding carboxylic acids is 1. The minimum Gasteiger partial charge on any atom is -0.461 e. The number of ether oxygens (including phenoxy) is 1. The molecule has 3 heteroatoms. The van der Waals surface area contributed by atoms with Gasteiger partial charge in [0.05, 0.1) is 5.92 Å². The van der Waals surface area contributed by atoms with Crippen LogP contribution in [0.5, 0.6) is 0 Å². The highest BCUT2D eigenvalue weighted by Gasteiger charge is 2.51. The van der Waals surface area contributed by atoms with Crippen molar-refractivity contribution in [2.24, 2.45) is 29.1 Å². The second-order valence-electron chi connectivity index (χ2n) is 9.97. The molecule has 1 heterocycles. The van der Waals surface area contributed by atoms with Crippen molar-refractivity contribution in [3.63, 3.8) is 0 Å². The molecule has 6 atom stereocenters. The number of fused-ring (bicyclic) bond motifs is 2. The van der Waals surface area contributed by atoms with Gasteiger partial charge in [0.1, 0.15) is 6.10 Å². The van der Waals surface area contributed by atoms with Crippen molar-refractivity contribution < 1.29 is 9.53 Å². The van der Waals surface area contributed by atoms with Gasteiger partial charge in [-0.15, -0.1) is 0 Å². The Kier molecular flexibility index (Phi) is 6.16. The summed E-state index contributed by atoms with van der Waals surface area (Å²) in [4.78, 5) is 12.6. The number of nitrogens with one attached hydrogen (secondary N) is 1. The lowest BCUT2D eigenvalue weighted by molar-refractivity contribution is -0.145. The molecule has 0 aromatic rings. The summed E-state index contributed by atoms with van der Waals surface area (Å²) in [6, 6.07) is 0.468. The minimum atomic E-state index is -0.00118. The Balaban J connectivity index is 1.61. The molecule has 1 saturated carbocycles. The first-order valence-electron chi connectivity index (χ1n) is 11.0. The Labute approximate surface area is 160 Å². The maximum atomic E-state index is 12.6. The molecule has 1 saturated heterocycles. The van der Waals surface area contributed by atoms with Crippen molar-refractivity contribution >= 4 is 5.97 Å². The predicted octanol–water partition coefficient (Wildman–Crippen LogP) is 5.11. The lowest BCUT2D eigenvalue weighted by Crippen LogP contribution is -2.41. The summed E-state index contributed by atoms with van der Waals surface area (Å²) in [6.45, 7) is 12.3. The lowest BCUT2D eigenvalue weighted by atomic mass is 9.59. The first-order valence-corrected chi connectivity index (χ1v) is 11.0. The average molecular weight is 362 g/mol. The van der Waals surface area contributed by atoms with Gasteiger partial charge in [-0.2, -0.15) is 0 Å². The van der Waals surface area contributed by atoms with E-state index < -0.39 is 0 Å². The molecule has 0 aromatic carbocycles. The normalized spacial score (nSPS) is 37.8. The van der Waals surface area contributed by atoms with Gasteiger partial charge in [0.2, 0.25) is 0 Å². The molecule has 26 heavy (non-hydrogen) atoms. The van der Waals surface area contributed by atoms with Gasteiger partial charge < -0.3 is 10.1 Å². The molecule has 148 valence electrons. The molecule has 0 spiro atoms. The zero-order chi connectivity index (χ0) is 18.9. The molecule has 3 nitrogen and oxygen atoms in total. The van der Waals surface area contributed by atoms with Crippen LogP contribution in [0.3, 0.4) is 0 Å². The van der Waals surface area contributed by atoms with E-state index in [1.807, 2.05) is 0 Å². The molecule has 0 bridgehead atoms. The highest BCUT2D eigenvalue weighted by molar-refractivity contribution is 5.76. The zero-order valence-electron chi connectivity index (χ0n) is 17.5. The van der Waals surface area contributed by atoms with E-state index in [9.17, 15) is 4.79 Å². The summed E-state index contributed by atoms with van der Waals surface area (Å²) in [6.07, 6.45) is 11.2. The molecular formula is C23H39NO2. The largest absolute Gasteiger partial charge is 0.461 e. The van der Waals surface area contributed by atoms with E-state index in [-0.39, 0.29) is 29.3 Å². The van der Waals surface area contributed by atoms with Crippen molar-refractivity contribution in [1.82, 2.24) is 5.32 Å². The first-order chi connectivity index (χ1) is 12.3. The van der Waals surface area contributed by atoms with Gasteiger partial charge in [-0.05, 0) is 49.9 Å². The summed E-state index contributed by atoms with van der Waals surface area (Å²) in [5.41, 5.74) is 1.87. The van der Waals surface area contributed by atoms with Crippen LogP contribution in [-0.4, -0.2) is 24.7 Å². The van der Waals surface area contributed by atoms with Gasteiger partial charge in [-0.1, -0.05) is 58.6 Å². The third-order valence-corrected chi connectivity index (χ3v) is 7.19. The van der Waals surface area contributed by atoms with E-state index in [1.165, 1.54) is 38.5 Å². The van der Waals surface area contributed by atoms with Crippen LogP contribution < -0.4 is 5.32 Å². The third-order valence-electron chi connectivity index (χ3n) is 7.19. The fraction of sp³-hybridized carbons (Fsp3) is 0.870. The summed E-state index contributed by atoms with van der Waals surface area (Å²) in [7, 11) is 0. The summed E-state index contributed by atoms with van der Waals surface area (Å²) < 4.78 is 5.85. The molecule has 3 rings (SSSR count). The highest BCUT2D eigenvalue weighted by Crippen LogP contribution is 2.53. The maximum absolute atomic E-state index is 12.6. The Morgan fingerprint density at radius 1 is 1.31 bits per heavy atom. The van der Waals surface area contributed by atoms with E-state index in [1.54, 1.807) is 5.57 Å². The van der Waals surface area contributed by atoms with E-state index >= 15 is 0 Å². The van der Waals surface area contributed by atoms with Crippen molar-refractivity contribution in [2.45, 2.75) is 91.7 Å². The molecule has 0 radical (unpaired) electrons. The summed E-state index contributed by atoms with van der Waals surface area (Å²) in [5, 5.41) is 3.62. The number of carbonyl (C=O) groups is 1. The molecular weight excluding hydrogens is 322 g/mol. The second kappa shape index (κ2) is 8.04. The van der Waals surface area contributed by atoms with Crippen molar-refractivity contribution in [3.05, 3.63) is 11.6 Å². The van der Waals surface area contributed by atoms with Crippen LogP contribution in [0.15, 0.2) is 11.6 Å². The van der Waals surface area contributed by atoms with Gasteiger partial charge in [0.15, 0.2) is 0 Å². The van der Waals surface area contributed by atoms with Gasteiger partial charge in [0.25, 0.3) is 0 Å². The maximum Gasteiger partial charge on any atom is 0.311 e. The number of hydrogen-bond donors (Lipinski definition) is 1. The zero-order valence-corrected chi connectivity index (χ0v) is 17.5. The number of esters is 1. The van der Waals surface area contributed by atoms with E-state index in [4.69, 9.17) is 4.74 Å². The van der Waals surface area contributed by atoms with Crippen LogP contribution in [-0.2, 0) is 9.53 Å². The highest BCUT2D eigenvalue weighted by atomic mass is 16.6. The Bertz CT molecular complexity index is 540. The smallest absolute Gasteiger partial charge is 0.311 e. The fourth-order valence-corrected chi connectivity index (χ4v) is 5.54. The van der Waals surface area contributed by atoms with Gasteiger partial charge in [0, 0.05) is 18.5 Å². The van der Waals surface area contributed by atoms with Crippen molar-refractivity contribution in [2.75, 3.05) is 6.54 Å². The second-order valence-corrected chi connectivity index (χ2v) is 9.97. The van der Waals surface area contributed by atoms with E-state index in [2.05, 4.69) is 46.0 Å². The monoisotopic (exact) mass is 361 g/mol. The standard InChI is InChI=1S/C23H39NO2/c1-15(2)8-6-10-17(4)24-14-19-18-12-20-16(3)9-7-11-23(20,5)13-21(18)26-22(19)25/h12,15-19,21,24H,6-11,13-14H2,1-5H3/t16-,17-,18-,19+,21-,23-/m1/s1. The van der Waals surface area contributed by atoms with Crippen LogP contribution in [0.25, 0.3) is 0 Å². The van der Waals surface area contributed by atoms with Gasteiger partial charge in [-0.3, -0.25) is 4.79 Å². The third kappa shape index (κ3) is 4.18. The molecule has 1 N–H and O–H groups in total. The Morgan fingerprint density at radius 3 is 2.81 bits per heavy atom. The van der Waals surface area contributed by atoms with Crippen LogP contribution in [0, 0.1) is 29.1 Å². The molecule has 0 unspecified atom stereocenters. The summed E-state index contributed by atoms with van der Waals surface area (Å²) in [5.74, 6) is 1.73. The minimum absolute atomic E-state index is 0.00118. The van der Waals surface area contributed by atoms with Gasteiger partial charge in [-0.25, -0.2) is 0 Å². The van der Waals surface area contributed by atoms with Crippen LogP contribution in [0.2, 0.25) is 0 Å². The lowest BCUT2D eigenvalue weighted by Gasteiger charge is -2.46. The van der Waals surface area contributed by atoms with Gasteiger partial charge >= 0.3 is 5.97 Å². The van der Waals surface area contributed by atoms with Crippen LogP contribution in [0.4, 0.5) is 0 Å². The predicted molar refractivity (Wildman–Crippen MR) is 107 cm³/mol. The molecule has 2 aliphatic carbocycles. The van der Waals surface area contributed by atoms with Crippen molar-refractivity contribution in [3.8, 4) is 0 Å². The van der Waals surface area contributed by atoms with Crippen molar-refractivity contribution in [1.29, 1.82) is 0 Å². The first kappa shape index (κ1) is 19.9. The Hall–Kier alpha value is -0.830. The SMILES string of the molecule is CC(C)CCC[C@@H](C)NC[C@@H]1C(=O)O[C@@H]2C[C@@]3(C)CCC[C@@H](C)C3=C[C@H]12. The molecule has 3 aliphatic rings. The molecule has 0 aromatic heterocycles.